The van der Waals surface area contributed by atoms with Gasteiger partial charge in [0.1, 0.15) is 0 Å². The molecule has 0 bridgehead atoms. The van der Waals surface area contributed by atoms with E-state index in [9.17, 15) is 4.79 Å². The van der Waals surface area contributed by atoms with Crippen LogP contribution in [0.4, 0.5) is 0 Å². The quantitative estimate of drug-likeness (QED) is 0.147. The highest BCUT2D eigenvalue weighted by Crippen LogP contribution is 2.31. The van der Waals surface area contributed by atoms with Crippen molar-refractivity contribution in [1.82, 2.24) is 15.1 Å². The van der Waals surface area contributed by atoms with E-state index in [4.69, 9.17) is 0 Å². The fraction of sp³-hybridized carbons (Fsp3) is 0.516. The smallest absolute Gasteiger partial charge is 0.249 e. The lowest BCUT2D eigenvalue weighted by Crippen LogP contribution is -2.36. The van der Waals surface area contributed by atoms with Crippen LogP contribution < -0.4 is 5.32 Å². The minimum Gasteiger partial charge on any atom is -0.339 e. The van der Waals surface area contributed by atoms with E-state index in [-0.39, 0.29) is 11.9 Å². The molecule has 1 aliphatic heterocycles. The largest absolute Gasteiger partial charge is 0.339 e. The van der Waals surface area contributed by atoms with Crippen molar-refractivity contribution in [2.45, 2.75) is 80.2 Å². The van der Waals surface area contributed by atoms with Gasteiger partial charge in [0.05, 0.1) is 6.04 Å². The number of allylic oxidation sites excluding steroid dienone is 6. The molecule has 0 aromatic carbocycles. The molecular weight excluding hydrogens is 462 g/mol. The molecule has 0 aliphatic carbocycles. The summed E-state index contributed by atoms with van der Waals surface area (Å²) in [4.78, 5) is 18.6. The Morgan fingerprint density at radius 1 is 1.17 bits per heavy atom. The first-order chi connectivity index (χ1) is 17.1. The van der Waals surface area contributed by atoms with E-state index in [1.54, 1.807) is 11.8 Å². The first kappa shape index (κ1) is 31.8. The van der Waals surface area contributed by atoms with E-state index in [0.717, 1.165) is 47.0 Å². The minimum atomic E-state index is -0.0740. The molecule has 0 fully saturated rings. The van der Waals surface area contributed by atoms with Crippen LogP contribution in [0.5, 0.6) is 0 Å². The number of rotatable bonds is 14. The molecule has 200 valence electrons. The fourth-order valence-electron chi connectivity index (χ4n) is 4.29. The van der Waals surface area contributed by atoms with Crippen LogP contribution in [0.25, 0.3) is 0 Å². The third-order valence-corrected chi connectivity index (χ3v) is 7.03. The molecule has 0 aromatic heterocycles. The van der Waals surface area contributed by atoms with Gasteiger partial charge in [-0.05, 0) is 84.6 Å². The molecule has 1 unspecified atom stereocenters. The zero-order valence-corrected chi connectivity index (χ0v) is 25.0. The van der Waals surface area contributed by atoms with Crippen molar-refractivity contribution in [2.75, 3.05) is 26.4 Å². The molecule has 4 nitrogen and oxygen atoms in total. The normalized spacial score (nSPS) is 16.0. The number of hydrogen-bond donors (Lipinski definition) is 1. The van der Waals surface area contributed by atoms with Crippen LogP contribution in [-0.4, -0.2) is 48.1 Å². The van der Waals surface area contributed by atoms with Crippen LogP contribution in [0, 0.1) is 0 Å². The van der Waals surface area contributed by atoms with Gasteiger partial charge in [0.25, 0.3) is 0 Å². The van der Waals surface area contributed by atoms with Gasteiger partial charge in [0.15, 0.2) is 0 Å². The van der Waals surface area contributed by atoms with Crippen LogP contribution >= 0.6 is 11.8 Å². The molecule has 0 aromatic rings. The monoisotopic (exact) mass is 511 g/mol. The number of unbranched alkanes of at least 4 members (excludes halogenated alkanes) is 3. The zero-order valence-electron chi connectivity index (χ0n) is 24.2. The van der Waals surface area contributed by atoms with E-state index >= 15 is 0 Å². The predicted molar refractivity (Wildman–Crippen MR) is 161 cm³/mol. The standard InChI is InChI=1S/C31H49N3OS/c1-11-14-15-16-19-33(13-3)31(35)25(7)21-29(36-10)27(20-23(4)5)30(32-9)28(12-2)34-22-24(6)17-18-26(34)8/h12,17-18,20-22,30,32H,8,11,13-16,19H2,1-7,9-10H3/b25-21+,28-12-,29-27-. The van der Waals surface area contributed by atoms with Crippen LogP contribution in [0.15, 0.2) is 81.8 Å². The number of carbonyl (C=O) groups excluding carboxylic acids is 1. The molecule has 0 radical (unpaired) electrons. The number of nitrogens with one attached hydrogen (secondary N) is 1. The van der Waals surface area contributed by atoms with Gasteiger partial charge in [-0.1, -0.05) is 56.6 Å². The van der Waals surface area contributed by atoms with Crippen molar-refractivity contribution in [3.8, 4) is 0 Å². The number of hydrogen-bond acceptors (Lipinski definition) is 4. The Morgan fingerprint density at radius 3 is 2.39 bits per heavy atom. The Kier molecular flexibility index (Phi) is 14.6. The first-order valence-corrected chi connectivity index (χ1v) is 14.5. The van der Waals surface area contributed by atoms with Crippen LogP contribution in [0.3, 0.4) is 0 Å². The number of thioether (sulfide) groups is 1. The second kappa shape index (κ2) is 16.5. The molecule has 1 amide bonds. The highest BCUT2D eigenvalue weighted by molar-refractivity contribution is 8.02. The second-order valence-electron chi connectivity index (χ2n) is 9.52. The van der Waals surface area contributed by atoms with Gasteiger partial charge >= 0.3 is 0 Å². The molecule has 1 atom stereocenters. The number of nitrogens with zero attached hydrogens (tertiary/aromatic N) is 2. The van der Waals surface area contributed by atoms with Gasteiger partial charge in [-0.3, -0.25) is 4.79 Å². The van der Waals surface area contributed by atoms with Crippen LogP contribution in [0.2, 0.25) is 0 Å². The molecule has 1 rings (SSSR count). The van der Waals surface area contributed by atoms with Crippen molar-refractivity contribution >= 4 is 17.7 Å². The maximum atomic E-state index is 13.3. The van der Waals surface area contributed by atoms with E-state index in [0.29, 0.717) is 0 Å². The van der Waals surface area contributed by atoms with Crippen molar-refractivity contribution in [1.29, 1.82) is 0 Å². The predicted octanol–water partition coefficient (Wildman–Crippen LogP) is 7.73. The van der Waals surface area contributed by atoms with Gasteiger partial charge in [0.2, 0.25) is 5.91 Å². The molecule has 1 aliphatic rings. The van der Waals surface area contributed by atoms with E-state index < -0.39 is 0 Å². The van der Waals surface area contributed by atoms with Gasteiger partial charge in [0, 0.05) is 41.2 Å². The van der Waals surface area contributed by atoms with E-state index in [1.807, 2.05) is 24.9 Å². The summed E-state index contributed by atoms with van der Waals surface area (Å²) in [5, 5.41) is 3.54. The Bertz CT molecular complexity index is 945. The lowest BCUT2D eigenvalue weighted by Gasteiger charge is -2.33. The maximum absolute atomic E-state index is 13.3. The summed E-state index contributed by atoms with van der Waals surface area (Å²) in [5.41, 5.74) is 6.33. The molecule has 0 saturated heterocycles. The Labute approximate surface area is 225 Å². The molecular formula is C31H49N3OS. The van der Waals surface area contributed by atoms with E-state index in [1.165, 1.54) is 30.4 Å². The first-order valence-electron chi connectivity index (χ1n) is 13.2. The zero-order chi connectivity index (χ0) is 27.3. The summed E-state index contributed by atoms with van der Waals surface area (Å²) in [6, 6.07) is -0.0740. The topological polar surface area (TPSA) is 35.6 Å². The van der Waals surface area contributed by atoms with Gasteiger partial charge in [-0.25, -0.2) is 0 Å². The van der Waals surface area contributed by atoms with E-state index in [2.05, 4.69) is 95.1 Å². The summed E-state index contributed by atoms with van der Waals surface area (Å²) in [6.45, 7) is 20.4. The van der Waals surface area contributed by atoms with Gasteiger partial charge in [-0.2, -0.15) is 0 Å². The molecule has 5 heteroatoms. The minimum absolute atomic E-state index is 0.0740. The summed E-state index contributed by atoms with van der Waals surface area (Å²) in [7, 11) is 1.99. The summed E-state index contributed by atoms with van der Waals surface area (Å²) >= 11 is 1.68. The van der Waals surface area contributed by atoms with Crippen LogP contribution in [0.1, 0.15) is 74.1 Å². The number of carbonyl (C=O) groups is 1. The van der Waals surface area contributed by atoms with Gasteiger partial charge in [-0.15, -0.1) is 11.8 Å². The van der Waals surface area contributed by atoms with Crippen molar-refractivity contribution in [3.05, 3.63) is 81.8 Å². The summed E-state index contributed by atoms with van der Waals surface area (Å²) in [5.74, 6) is 0.123. The lowest BCUT2D eigenvalue weighted by atomic mass is 9.97. The highest BCUT2D eigenvalue weighted by Gasteiger charge is 2.25. The third kappa shape index (κ3) is 9.33. The average molecular weight is 512 g/mol. The van der Waals surface area contributed by atoms with Crippen molar-refractivity contribution in [3.63, 3.8) is 0 Å². The highest BCUT2D eigenvalue weighted by atomic mass is 32.2. The number of amides is 1. The van der Waals surface area contributed by atoms with Crippen molar-refractivity contribution in [2.24, 2.45) is 0 Å². The molecule has 1 heterocycles. The Hall–Kier alpha value is -2.24. The molecule has 36 heavy (non-hydrogen) atoms. The molecule has 0 spiro atoms. The lowest BCUT2D eigenvalue weighted by molar-refractivity contribution is -0.127. The molecule has 1 N–H and O–H groups in total. The SMILES string of the molecule is C=C1C=CC(C)=CN1/C(=C\C)C(NC)/C(C=C(C)C)=C(/C=C(\C)C(=O)N(CC)CCCCCC)SC. The third-order valence-electron chi connectivity index (χ3n) is 6.23. The maximum Gasteiger partial charge on any atom is 0.249 e. The summed E-state index contributed by atoms with van der Waals surface area (Å²) < 4.78 is 0. The number of likely N-dealkylation sites (N-methyl/N-ethyl adjacent to an activating group) is 2. The average Bonchev–Trinajstić information content (AvgIpc) is 2.85. The molecule has 0 saturated carbocycles. The Balaban J connectivity index is 3.49. The van der Waals surface area contributed by atoms with Crippen LogP contribution in [-0.2, 0) is 4.79 Å². The Morgan fingerprint density at radius 2 is 1.86 bits per heavy atom. The fourth-order valence-corrected chi connectivity index (χ4v) is 5.00. The van der Waals surface area contributed by atoms with Gasteiger partial charge < -0.3 is 15.1 Å². The second-order valence-corrected chi connectivity index (χ2v) is 10.4. The van der Waals surface area contributed by atoms with Crippen molar-refractivity contribution < 1.29 is 4.79 Å². The summed E-state index contributed by atoms with van der Waals surface area (Å²) in [6.07, 6.45) is 19.4.